The third kappa shape index (κ3) is 8.05. The van der Waals surface area contributed by atoms with E-state index < -0.39 is 47.7 Å². The van der Waals surface area contributed by atoms with E-state index in [0.717, 1.165) is 31.2 Å². The molecular formula is C39H56BrN3O7. The highest BCUT2D eigenvalue weighted by molar-refractivity contribution is 9.09. The number of carbonyl (C=O) groups excluding carboxylic acids is 4. The Bertz CT molecular complexity index is 1360. The van der Waals surface area contributed by atoms with Crippen LogP contribution in [0, 0.1) is 11.8 Å². The number of nitrogens with zero attached hydrogens (tertiary/aromatic N) is 3. The van der Waals surface area contributed by atoms with Gasteiger partial charge in [-0.25, -0.2) is 0 Å². The second-order valence-electron chi connectivity index (χ2n) is 14.1. The number of likely N-dealkylation sites (N-methyl/N-ethyl adjacent to an activating group) is 1. The summed E-state index contributed by atoms with van der Waals surface area (Å²) in [4.78, 5) is 61.7. The number of aliphatic hydroxyl groups is 1. The van der Waals surface area contributed by atoms with Crippen LogP contribution in [0.15, 0.2) is 55.6 Å². The van der Waals surface area contributed by atoms with Crippen molar-refractivity contribution in [2.24, 2.45) is 11.8 Å². The molecule has 4 rings (SSSR count). The number of hydrogen-bond donors (Lipinski definition) is 1. The zero-order valence-corrected chi connectivity index (χ0v) is 31.8. The van der Waals surface area contributed by atoms with Gasteiger partial charge in [0.1, 0.15) is 17.7 Å². The number of carbonyl (C=O) groups is 4. The highest BCUT2D eigenvalue weighted by Gasteiger charge is 2.77. The van der Waals surface area contributed by atoms with Crippen LogP contribution in [-0.2, 0) is 28.7 Å². The molecule has 2 bridgehead atoms. The Kier molecular flexibility index (Phi) is 14.3. The molecule has 2 unspecified atom stereocenters. The van der Waals surface area contributed by atoms with E-state index in [1.807, 2.05) is 44.2 Å². The van der Waals surface area contributed by atoms with Crippen molar-refractivity contribution in [1.82, 2.24) is 14.7 Å². The predicted octanol–water partition coefficient (Wildman–Crippen LogP) is 5.59. The first-order chi connectivity index (χ1) is 24.0. The van der Waals surface area contributed by atoms with E-state index in [-0.39, 0.29) is 41.6 Å². The number of allylic oxidation sites excluding steroid dienone is 1. The highest BCUT2D eigenvalue weighted by atomic mass is 79.9. The van der Waals surface area contributed by atoms with E-state index in [1.165, 1.54) is 0 Å². The van der Waals surface area contributed by atoms with Gasteiger partial charge in [-0.15, -0.1) is 13.2 Å². The van der Waals surface area contributed by atoms with Crippen molar-refractivity contribution in [1.29, 1.82) is 0 Å². The second kappa shape index (κ2) is 18.0. The Balaban J connectivity index is 1.70. The average Bonchev–Trinajstić information content (AvgIpc) is 3.70. The first-order valence-corrected chi connectivity index (χ1v) is 19.2. The van der Waals surface area contributed by atoms with Gasteiger partial charge in [0.05, 0.1) is 24.0 Å². The predicted molar refractivity (Wildman–Crippen MR) is 196 cm³/mol. The summed E-state index contributed by atoms with van der Waals surface area (Å²) in [5.41, 5.74) is -0.482. The molecular weight excluding hydrogens is 702 g/mol. The lowest BCUT2D eigenvalue weighted by atomic mass is 9.70. The van der Waals surface area contributed by atoms with Gasteiger partial charge in [-0.1, -0.05) is 84.6 Å². The van der Waals surface area contributed by atoms with Crippen LogP contribution in [0.3, 0.4) is 0 Å². The molecule has 1 aromatic rings. The Hall–Kier alpha value is -3.02. The quantitative estimate of drug-likeness (QED) is 0.0799. The molecule has 1 spiro atoms. The summed E-state index contributed by atoms with van der Waals surface area (Å²) >= 11 is 3.77. The number of aliphatic hydroxyl groups excluding tert-OH is 1. The van der Waals surface area contributed by atoms with Crippen LogP contribution >= 0.6 is 15.9 Å². The van der Waals surface area contributed by atoms with E-state index in [4.69, 9.17) is 9.47 Å². The fourth-order valence-corrected chi connectivity index (χ4v) is 9.09. The standard InChI is InChI=1S/C39H56BrN3O7/c1-7-10-21-30(45)41(6)27(5)33(28-19-14-13-15-20-28)49-38(48)31-32-36(46)43(23-16-11-12-17-24-44)35(39(32)25-29(40)34(31)50-39)37(47)42(22-9-3)26(4)18-8-2/h7,9,13-15,19-20,26-27,29,31-35,44H,1,3,8,10-12,16-18,21-25H2,2,4-6H3/t26?,27-,29?,31-,32+,33+,34-,35-,39+/m0/s1. The Morgan fingerprint density at radius 3 is 2.48 bits per heavy atom. The van der Waals surface area contributed by atoms with Gasteiger partial charge in [0.2, 0.25) is 17.7 Å². The van der Waals surface area contributed by atoms with E-state index in [0.29, 0.717) is 38.8 Å². The number of unbranched alkanes of at least 4 members (excludes halogenated alkanes) is 3. The number of ether oxygens (including phenoxy) is 2. The summed E-state index contributed by atoms with van der Waals surface area (Å²) in [5, 5.41) is 9.28. The third-order valence-corrected chi connectivity index (χ3v) is 11.7. The molecule has 3 saturated heterocycles. The lowest BCUT2D eigenvalue weighted by Gasteiger charge is -2.39. The van der Waals surface area contributed by atoms with E-state index in [2.05, 4.69) is 36.0 Å². The number of halogens is 1. The van der Waals surface area contributed by atoms with Crippen molar-refractivity contribution in [3.05, 3.63) is 61.2 Å². The summed E-state index contributed by atoms with van der Waals surface area (Å²) in [7, 11) is 1.70. The van der Waals surface area contributed by atoms with Gasteiger partial charge in [-0.3, -0.25) is 19.2 Å². The number of likely N-dealkylation sites (tertiary alicyclic amines) is 1. The molecule has 3 heterocycles. The van der Waals surface area contributed by atoms with E-state index in [9.17, 15) is 24.3 Å². The number of benzene rings is 1. The fourth-order valence-electron chi connectivity index (χ4n) is 8.15. The van der Waals surface area contributed by atoms with Crippen LogP contribution in [0.4, 0.5) is 0 Å². The maximum Gasteiger partial charge on any atom is 0.313 e. The summed E-state index contributed by atoms with van der Waals surface area (Å²) in [6.07, 6.45) is 7.75. The normalized spacial score (nSPS) is 27.0. The van der Waals surface area contributed by atoms with Gasteiger partial charge < -0.3 is 29.3 Å². The van der Waals surface area contributed by atoms with Gasteiger partial charge in [-0.2, -0.15) is 0 Å². The molecule has 0 radical (unpaired) electrons. The van der Waals surface area contributed by atoms with E-state index >= 15 is 0 Å². The number of amides is 3. The molecule has 3 aliphatic heterocycles. The molecule has 9 atom stereocenters. The van der Waals surface area contributed by atoms with Crippen molar-refractivity contribution in [3.8, 4) is 0 Å². The highest BCUT2D eigenvalue weighted by Crippen LogP contribution is 2.60. The minimum Gasteiger partial charge on any atom is -0.455 e. The number of hydrogen-bond acceptors (Lipinski definition) is 7. The van der Waals surface area contributed by atoms with Crippen LogP contribution in [0.5, 0.6) is 0 Å². The Morgan fingerprint density at radius 1 is 1.14 bits per heavy atom. The van der Waals surface area contributed by atoms with Crippen molar-refractivity contribution in [3.63, 3.8) is 0 Å². The molecule has 276 valence electrons. The molecule has 50 heavy (non-hydrogen) atoms. The molecule has 11 heteroatoms. The molecule has 10 nitrogen and oxygen atoms in total. The number of rotatable bonds is 20. The van der Waals surface area contributed by atoms with Gasteiger partial charge in [-0.05, 0) is 51.5 Å². The average molecular weight is 759 g/mol. The Labute approximate surface area is 306 Å². The zero-order chi connectivity index (χ0) is 36.6. The summed E-state index contributed by atoms with van der Waals surface area (Å²) < 4.78 is 13.1. The monoisotopic (exact) mass is 757 g/mol. The first-order valence-electron chi connectivity index (χ1n) is 18.3. The smallest absolute Gasteiger partial charge is 0.313 e. The molecule has 1 aromatic carbocycles. The Morgan fingerprint density at radius 2 is 1.84 bits per heavy atom. The van der Waals surface area contributed by atoms with Crippen LogP contribution in [-0.4, -0.2) is 105 Å². The second-order valence-corrected chi connectivity index (χ2v) is 15.3. The topological polar surface area (TPSA) is 117 Å². The van der Waals surface area contributed by atoms with Gasteiger partial charge in [0.15, 0.2) is 0 Å². The molecule has 3 aliphatic rings. The summed E-state index contributed by atoms with van der Waals surface area (Å²) in [6.45, 7) is 14.3. The number of fused-ring (bicyclic) bond motifs is 1. The summed E-state index contributed by atoms with van der Waals surface area (Å²) in [5.74, 6) is -2.98. The van der Waals surface area contributed by atoms with Gasteiger partial charge in [0, 0.05) is 44.0 Å². The SMILES string of the molecule is C=CCCC(=O)N(C)[C@@H](C)[C@@H](OC(=O)[C@@H]1[C@H]2O[C@@]3(CC2Br)[C@H](C(=O)N(CC=C)C(C)CCC)N(CCCCCCO)C(=O)[C@@H]13)c1ccccc1. The van der Waals surface area contributed by atoms with Crippen molar-refractivity contribution >= 4 is 39.6 Å². The van der Waals surface area contributed by atoms with Crippen LogP contribution < -0.4 is 0 Å². The van der Waals surface area contributed by atoms with Crippen molar-refractivity contribution < 1.29 is 33.8 Å². The third-order valence-electron chi connectivity index (χ3n) is 10.8. The fraction of sp³-hybridized carbons (Fsp3) is 0.641. The summed E-state index contributed by atoms with van der Waals surface area (Å²) in [6, 6.07) is 7.82. The largest absolute Gasteiger partial charge is 0.455 e. The van der Waals surface area contributed by atoms with Gasteiger partial charge in [0.25, 0.3) is 0 Å². The minimum absolute atomic E-state index is 0.0825. The number of esters is 1. The zero-order valence-electron chi connectivity index (χ0n) is 30.2. The first kappa shape index (κ1) is 39.8. The lowest BCUT2D eigenvalue weighted by molar-refractivity contribution is -0.164. The molecule has 1 N–H and O–H groups in total. The van der Waals surface area contributed by atoms with Crippen LogP contribution in [0.25, 0.3) is 0 Å². The van der Waals surface area contributed by atoms with Crippen LogP contribution in [0.1, 0.15) is 90.2 Å². The molecule has 0 saturated carbocycles. The molecule has 0 aromatic heterocycles. The molecule has 3 amide bonds. The molecule has 3 fully saturated rings. The van der Waals surface area contributed by atoms with Gasteiger partial charge >= 0.3 is 5.97 Å². The van der Waals surface area contributed by atoms with Crippen molar-refractivity contribution in [2.45, 2.75) is 119 Å². The maximum absolute atomic E-state index is 14.7. The number of alkyl halides is 1. The minimum atomic E-state index is -1.21. The molecule has 0 aliphatic carbocycles. The maximum atomic E-state index is 14.7. The van der Waals surface area contributed by atoms with E-state index in [1.54, 1.807) is 33.9 Å². The lowest BCUT2D eigenvalue weighted by Crippen LogP contribution is -2.58. The van der Waals surface area contributed by atoms with Crippen molar-refractivity contribution in [2.75, 3.05) is 26.7 Å². The van der Waals surface area contributed by atoms with Crippen LogP contribution in [0.2, 0.25) is 0 Å².